The Labute approximate surface area is 460 Å². The predicted octanol–water partition coefficient (Wildman–Crippen LogP) is 14.2. The Balaban J connectivity index is 0.000000148. The zero-order chi connectivity index (χ0) is 52.0. The number of para-hydroxylation sites is 4. The molecule has 0 radical (unpaired) electrons. The number of furan rings is 2. The Morgan fingerprint density at radius 3 is 0.462 bits per heavy atom. The fourth-order valence-corrected chi connectivity index (χ4v) is 20.2. The standard InChI is InChI=1S/2C36H26OP2/c2*1-5-15-27(16-6-1)38(28-17-7-2-8-18-28)33-25-13-23-31-32-24-14-26-34(36(32)37-35(31)33)39(29-19-9-3-10-20-29)30-21-11-4-12-22-30/h2*1-26H. The Hall–Kier alpha value is -8.04. The molecule has 14 aromatic rings. The SMILES string of the molecule is c1ccc(P(c2ccccc2)c2cccc3c2oc2c(P(c4ccccc4)c4ccccc4)cccc23)cc1.c1ccc(P(c2ccccc2)c2cccc3c2oc2c(P(c4ccccc4)c4ccccc4)cccc23)cc1. The quantitative estimate of drug-likeness (QED) is 0.114. The van der Waals surface area contributed by atoms with Crippen LogP contribution in [0.5, 0.6) is 0 Å². The molecule has 0 bridgehead atoms. The molecule has 2 nitrogen and oxygen atoms in total. The number of hydrogen-bond acceptors (Lipinski definition) is 2. The van der Waals surface area contributed by atoms with Crippen LogP contribution in [0.4, 0.5) is 0 Å². The zero-order valence-corrected chi connectivity index (χ0v) is 46.2. The summed E-state index contributed by atoms with van der Waals surface area (Å²) in [6.45, 7) is 0. The average Bonchev–Trinajstić information content (AvgIpc) is 4.25. The van der Waals surface area contributed by atoms with Gasteiger partial charge in [-0.25, -0.2) is 0 Å². The van der Waals surface area contributed by atoms with Gasteiger partial charge in [-0.05, 0) is 74.1 Å². The lowest BCUT2D eigenvalue weighted by Gasteiger charge is -2.20. The van der Waals surface area contributed by atoms with E-state index in [9.17, 15) is 0 Å². The summed E-state index contributed by atoms with van der Waals surface area (Å²) in [5.74, 6) is 0. The molecule has 2 aromatic heterocycles. The van der Waals surface area contributed by atoms with Crippen LogP contribution in [-0.4, -0.2) is 0 Å². The summed E-state index contributed by atoms with van der Waals surface area (Å²) in [5, 5.41) is 20.3. The Bertz CT molecular complexity index is 3540. The lowest BCUT2D eigenvalue weighted by Crippen LogP contribution is -2.21. The molecule has 0 amide bonds. The number of hydrogen-bond donors (Lipinski definition) is 0. The molecule has 0 spiro atoms. The van der Waals surface area contributed by atoms with Gasteiger partial charge in [0.05, 0.1) is 0 Å². The van der Waals surface area contributed by atoms with Gasteiger partial charge in [0.15, 0.2) is 0 Å². The van der Waals surface area contributed by atoms with E-state index < -0.39 is 31.7 Å². The third-order valence-corrected chi connectivity index (χ3v) is 23.9. The summed E-state index contributed by atoms with van der Waals surface area (Å²) in [7, 11) is -3.13. The molecule has 0 unspecified atom stereocenters. The second-order valence-corrected chi connectivity index (χ2v) is 27.6. The molecule has 372 valence electrons. The molecule has 0 atom stereocenters. The molecule has 6 heteroatoms. The van der Waals surface area contributed by atoms with Crippen LogP contribution in [0.15, 0.2) is 324 Å². The van der Waals surface area contributed by atoms with Gasteiger partial charge >= 0.3 is 0 Å². The number of benzene rings is 12. The number of fused-ring (bicyclic) bond motifs is 6. The fourth-order valence-electron chi connectivity index (χ4n) is 10.6. The largest absolute Gasteiger partial charge is 0.455 e. The second kappa shape index (κ2) is 22.9. The first-order valence-corrected chi connectivity index (χ1v) is 31.6. The molecule has 0 saturated heterocycles. The average molecular weight is 1070 g/mol. The van der Waals surface area contributed by atoms with Crippen LogP contribution in [0.3, 0.4) is 0 Å². The Kier molecular flexibility index (Phi) is 14.5. The van der Waals surface area contributed by atoms with Gasteiger partial charge in [-0.1, -0.05) is 315 Å². The third kappa shape index (κ3) is 9.84. The molecule has 78 heavy (non-hydrogen) atoms. The normalized spacial score (nSPS) is 11.5. The monoisotopic (exact) mass is 1070 g/mol. The van der Waals surface area contributed by atoms with E-state index >= 15 is 0 Å². The fraction of sp³-hybridized carbons (Fsp3) is 0. The minimum atomic E-state index is -0.784. The van der Waals surface area contributed by atoms with Crippen molar-refractivity contribution in [3.8, 4) is 0 Å². The summed E-state index contributed by atoms with van der Waals surface area (Å²) in [4.78, 5) is 0. The molecule has 0 saturated carbocycles. The molecular weight excluding hydrogens is 1020 g/mol. The van der Waals surface area contributed by atoms with Gasteiger partial charge in [0.2, 0.25) is 0 Å². The van der Waals surface area contributed by atoms with Crippen molar-refractivity contribution in [2.75, 3.05) is 0 Å². The van der Waals surface area contributed by atoms with Crippen molar-refractivity contribution in [1.82, 2.24) is 0 Å². The highest BCUT2D eigenvalue weighted by Crippen LogP contribution is 2.44. The highest BCUT2D eigenvalue weighted by molar-refractivity contribution is 7.81. The molecule has 14 rings (SSSR count). The highest BCUT2D eigenvalue weighted by atomic mass is 31.1. The summed E-state index contributed by atoms with van der Waals surface area (Å²) in [5.41, 5.74) is 3.98. The van der Waals surface area contributed by atoms with Gasteiger partial charge in [-0.3, -0.25) is 0 Å². The van der Waals surface area contributed by atoms with E-state index in [2.05, 4.69) is 315 Å². The molecule has 0 fully saturated rings. The van der Waals surface area contributed by atoms with E-state index in [1.54, 1.807) is 0 Å². The zero-order valence-electron chi connectivity index (χ0n) is 42.6. The highest BCUT2D eigenvalue weighted by Gasteiger charge is 2.28. The van der Waals surface area contributed by atoms with Crippen molar-refractivity contribution in [2.24, 2.45) is 0 Å². The summed E-state index contributed by atoms with van der Waals surface area (Å²) in [6.07, 6.45) is 0. The smallest absolute Gasteiger partial charge is 0.143 e. The van der Waals surface area contributed by atoms with Gasteiger partial charge in [0.1, 0.15) is 22.3 Å². The first-order chi connectivity index (χ1) is 38.8. The van der Waals surface area contributed by atoms with Crippen LogP contribution in [0.25, 0.3) is 43.9 Å². The van der Waals surface area contributed by atoms with Crippen molar-refractivity contribution in [2.45, 2.75) is 0 Å². The topological polar surface area (TPSA) is 26.3 Å². The maximum atomic E-state index is 7.00. The minimum absolute atomic E-state index is 0.784. The summed E-state index contributed by atoms with van der Waals surface area (Å²) < 4.78 is 14.0. The number of rotatable bonds is 12. The van der Waals surface area contributed by atoms with Crippen LogP contribution in [-0.2, 0) is 0 Å². The molecule has 0 N–H and O–H groups in total. The van der Waals surface area contributed by atoms with Gasteiger partial charge in [-0.2, -0.15) is 0 Å². The van der Waals surface area contributed by atoms with Crippen molar-refractivity contribution < 1.29 is 8.83 Å². The summed E-state index contributed by atoms with van der Waals surface area (Å²) in [6, 6.07) is 113. The minimum Gasteiger partial charge on any atom is -0.455 e. The van der Waals surface area contributed by atoms with Crippen molar-refractivity contribution in [3.05, 3.63) is 315 Å². The lowest BCUT2D eigenvalue weighted by molar-refractivity contribution is 0.674. The molecule has 0 aliphatic rings. The van der Waals surface area contributed by atoms with Crippen molar-refractivity contribution in [3.63, 3.8) is 0 Å². The van der Waals surface area contributed by atoms with Crippen LogP contribution in [0, 0.1) is 0 Å². The molecule has 0 aliphatic carbocycles. The molecular formula is C72H52O2P4. The van der Waals surface area contributed by atoms with E-state index in [1.165, 1.54) is 85.2 Å². The second-order valence-electron chi connectivity index (χ2n) is 18.8. The van der Waals surface area contributed by atoms with Crippen LogP contribution < -0.4 is 63.7 Å². The van der Waals surface area contributed by atoms with Gasteiger partial charge < -0.3 is 8.83 Å². The molecule has 0 aliphatic heterocycles. The van der Waals surface area contributed by atoms with Gasteiger partial charge in [0, 0.05) is 42.8 Å². The Morgan fingerprint density at radius 1 is 0.154 bits per heavy atom. The van der Waals surface area contributed by atoms with E-state index in [4.69, 9.17) is 8.83 Å². The molecule has 2 heterocycles. The maximum Gasteiger partial charge on any atom is 0.143 e. The predicted molar refractivity (Wildman–Crippen MR) is 342 cm³/mol. The van der Waals surface area contributed by atoms with E-state index in [-0.39, 0.29) is 0 Å². The van der Waals surface area contributed by atoms with Crippen LogP contribution in [0.2, 0.25) is 0 Å². The first-order valence-electron chi connectivity index (χ1n) is 26.3. The van der Waals surface area contributed by atoms with Crippen LogP contribution >= 0.6 is 31.7 Å². The van der Waals surface area contributed by atoms with Crippen molar-refractivity contribution in [1.29, 1.82) is 0 Å². The lowest BCUT2D eigenvalue weighted by atomic mass is 10.1. The van der Waals surface area contributed by atoms with Crippen LogP contribution in [0.1, 0.15) is 0 Å². The van der Waals surface area contributed by atoms with Crippen molar-refractivity contribution >= 4 is 139 Å². The first kappa shape index (κ1) is 49.5. The molecule has 12 aromatic carbocycles. The van der Waals surface area contributed by atoms with E-state index in [1.807, 2.05) is 0 Å². The Morgan fingerprint density at radius 2 is 0.308 bits per heavy atom. The summed E-state index contributed by atoms with van der Waals surface area (Å²) >= 11 is 0. The maximum absolute atomic E-state index is 7.00. The van der Waals surface area contributed by atoms with E-state index in [0.717, 1.165) is 22.3 Å². The van der Waals surface area contributed by atoms with Gasteiger partial charge in [-0.15, -0.1) is 0 Å². The van der Waals surface area contributed by atoms with E-state index in [0.29, 0.717) is 0 Å². The third-order valence-electron chi connectivity index (χ3n) is 14.0. The van der Waals surface area contributed by atoms with Gasteiger partial charge in [0.25, 0.3) is 0 Å².